The summed E-state index contributed by atoms with van der Waals surface area (Å²) < 4.78 is 20.8. The fraction of sp³-hybridized carbons (Fsp3) is 0.714. The molecule has 1 amide bonds. The molecule has 1 N–H and O–H groups in total. The van der Waals surface area contributed by atoms with Gasteiger partial charge in [-0.05, 0) is 5.53 Å². The number of amides is 1. The monoisotopic (exact) mass is 372 g/mol. The van der Waals surface area contributed by atoms with Gasteiger partial charge in [0.05, 0.1) is 0 Å². The van der Waals surface area contributed by atoms with Crippen molar-refractivity contribution >= 4 is 23.8 Å². The van der Waals surface area contributed by atoms with Gasteiger partial charge >= 0.3 is 17.9 Å². The average Bonchev–Trinajstić information content (AvgIpc) is 2.50. The number of carbonyl (C=O) groups is 4. The van der Waals surface area contributed by atoms with Gasteiger partial charge in [0.1, 0.15) is 18.8 Å². The lowest BCUT2D eigenvalue weighted by Gasteiger charge is -2.43. The van der Waals surface area contributed by atoms with Gasteiger partial charge in [-0.15, -0.1) is 0 Å². The summed E-state index contributed by atoms with van der Waals surface area (Å²) in [6, 6.07) is -1.12. The van der Waals surface area contributed by atoms with Crippen LogP contribution in [0.4, 0.5) is 0 Å². The summed E-state index contributed by atoms with van der Waals surface area (Å²) in [5, 5.41) is 5.89. The second-order valence-corrected chi connectivity index (χ2v) is 5.45. The molecular formula is C14H20N4O8. The van der Waals surface area contributed by atoms with Crippen molar-refractivity contribution in [1.82, 2.24) is 5.32 Å². The fourth-order valence-electron chi connectivity index (χ4n) is 2.46. The normalized spacial score (nSPS) is 27.5. The molecule has 0 spiro atoms. The maximum atomic E-state index is 11.5. The minimum absolute atomic E-state index is 0.352. The SMILES string of the molecule is CC(=O)N[C@H]1C(N=[N+]=[N-])O[C@H](COC(C)=O)[C@H](OC(C)=O)[C@@H]1OC(C)=O. The number of nitrogens with one attached hydrogen (secondary N) is 1. The number of ether oxygens (including phenoxy) is 4. The molecule has 0 bridgehead atoms. The zero-order valence-electron chi connectivity index (χ0n) is 14.7. The number of azide groups is 1. The molecule has 0 aliphatic carbocycles. The Labute approximate surface area is 148 Å². The Kier molecular flexibility index (Phi) is 7.81. The second-order valence-electron chi connectivity index (χ2n) is 5.45. The van der Waals surface area contributed by atoms with Crippen LogP contribution in [0, 0.1) is 0 Å². The molecule has 0 radical (unpaired) electrons. The molecule has 1 heterocycles. The fourth-order valence-corrected chi connectivity index (χ4v) is 2.46. The molecule has 1 saturated heterocycles. The molecule has 0 aromatic heterocycles. The predicted octanol–water partition coefficient (Wildman–Crippen LogP) is -0.0472. The Hall–Kier alpha value is -2.85. The number of nitrogens with zero attached hydrogens (tertiary/aromatic N) is 3. The highest BCUT2D eigenvalue weighted by Crippen LogP contribution is 2.28. The van der Waals surface area contributed by atoms with Crippen molar-refractivity contribution in [2.75, 3.05) is 6.61 Å². The van der Waals surface area contributed by atoms with Crippen LogP contribution in [0.5, 0.6) is 0 Å². The minimum atomic E-state index is -1.29. The third-order valence-electron chi connectivity index (χ3n) is 3.26. The van der Waals surface area contributed by atoms with E-state index in [2.05, 4.69) is 15.3 Å². The van der Waals surface area contributed by atoms with Crippen LogP contribution in [0.15, 0.2) is 5.11 Å². The van der Waals surface area contributed by atoms with Gasteiger partial charge in [-0.3, -0.25) is 19.2 Å². The number of esters is 3. The molecule has 12 nitrogen and oxygen atoms in total. The third-order valence-corrected chi connectivity index (χ3v) is 3.26. The van der Waals surface area contributed by atoms with E-state index in [1.54, 1.807) is 0 Å². The first kappa shape index (κ1) is 21.2. The zero-order chi connectivity index (χ0) is 19.9. The molecule has 1 unspecified atom stereocenters. The van der Waals surface area contributed by atoms with Gasteiger partial charge in [0, 0.05) is 32.6 Å². The van der Waals surface area contributed by atoms with E-state index in [0.29, 0.717) is 0 Å². The molecule has 12 heteroatoms. The maximum absolute atomic E-state index is 11.5. The van der Waals surface area contributed by atoms with Crippen LogP contribution in [0.2, 0.25) is 0 Å². The second kappa shape index (κ2) is 9.59. The Morgan fingerprint density at radius 1 is 1.04 bits per heavy atom. The van der Waals surface area contributed by atoms with Crippen LogP contribution in [0.3, 0.4) is 0 Å². The van der Waals surface area contributed by atoms with Gasteiger partial charge in [-0.1, -0.05) is 5.11 Å². The molecule has 26 heavy (non-hydrogen) atoms. The summed E-state index contributed by atoms with van der Waals surface area (Å²) in [5.74, 6) is -2.58. The van der Waals surface area contributed by atoms with Crippen molar-refractivity contribution in [3.05, 3.63) is 10.4 Å². The lowest BCUT2D eigenvalue weighted by Crippen LogP contribution is -2.65. The van der Waals surface area contributed by atoms with Crippen LogP contribution in [-0.2, 0) is 38.1 Å². The summed E-state index contributed by atoms with van der Waals surface area (Å²) in [7, 11) is 0. The lowest BCUT2D eigenvalue weighted by atomic mass is 9.95. The van der Waals surface area contributed by atoms with E-state index < -0.39 is 54.4 Å². The Morgan fingerprint density at radius 3 is 2.08 bits per heavy atom. The third kappa shape index (κ3) is 6.22. The molecule has 1 aliphatic heterocycles. The smallest absolute Gasteiger partial charge is 0.303 e. The zero-order valence-corrected chi connectivity index (χ0v) is 14.7. The summed E-state index contributed by atoms with van der Waals surface area (Å²) in [6.07, 6.45) is -4.82. The van der Waals surface area contributed by atoms with Gasteiger partial charge in [-0.2, -0.15) is 0 Å². The largest absolute Gasteiger partial charge is 0.463 e. The van der Waals surface area contributed by atoms with E-state index in [-0.39, 0.29) is 6.61 Å². The van der Waals surface area contributed by atoms with Gasteiger partial charge in [-0.25, -0.2) is 0 Å². The van der Waals surface area contributed by atoms with E-state index >= 15 is 0 Å². The van der Waals surface area contributed by atoms with Crippen molar-refractivity contribution in [2.24, 2.45) is 5.11 Å². The van der Waals surface area contributed by atoms with Crippen molar-refractivity contribution in [3.63, 3.8) is 0 Å². The quantitative estimate of drug-likeness (QED) is 0.223. The highest BCUT2D eigenvalue weighted by Gasteiger charge is 2.50. The van der Waals surface area contributed by atoms with E-state index in [9.17, 15) is 19.2 Å². The molecular weight excluding hydrogens is 352 g/mol. The van der Waals surface area contributed by atoms with Crippen LogP contribution in [-0.4, -0.2) is 61.0 Å². The number of hydrogen-bond acceptors (Lipinski definition) is 9. The molecule has 5 atom stereocenters. The van der Waals surface area contributed by atoms with Crippen molar-refractivity contribution in [1.29, 1.82) is 0 Å². The highest BCUT2D eigenvalue weighted by molar-refractivity contribution is 5.73. The maximum Gasteiger partial charge on any atom is 0.303 e. The molecule has 144 valence electrons. The summed E-state index contributed by atoms with van der Waals surface area (Å²) >= 11 is 0. The Bertz CT molecular complexity index is 618. The summed E-state index contributed by atoms with van der Waals surface area (Å²) in [6.45, 7) is 4.26. The summed E-state index contributed by atoms with van der Waals surface area (Å²) in [5.41, 5.74) is 8.74. The lowest BCUT2D eigenvalue weighted by molar-refractivity contribution is -0.222. The topological polar surface area (TPSA) is 166 Å². The number of carbonyl (C=O) groups excluding carboxylic acids is 4. The van der Waals surface area contributed by atoms with Gasteiger partial charge in [0.15, 0.2) is 18.4 Å². The van der Waals surface area contributed by atoms with Crippen LogP contribution >= 0.6 is 0 Å². The molecule has 0 aromatic carbocycles. The number of hydrogen-bond donors (Lipinski definition) is 1. The van der Waals surface area contributed by atoms with E-state index in [1.165, 1.54) is 6.92 Å². The van der Waals surface area contributed by atoms with Crippen molar-refractivity contribution < 1.29 is 38.1 Å². The highest BCUT2D eigenvalue weighted by atomic mass is 16.6. The van der Waals surface area contributed by atoms with Gasteiger partial charge < -0.3 is 24.3 Å². The molecule has 0 saturated carbocycles. The van der Waals surface area contributed by atoms with E-state index in [4.69, 9.17) is 24.5 Å². The average molecular weight is 372 g/mol. The summed E-state index contributed by atoms with van der Waals surface area (Å²) in [4.78, 5) is 48.2. The molecule has 1 rings (SSSR count). The van der Waals surface area contributed by atoms with E-state index in [1.807, 2.05) is 0 Å². The molecule has 1 aliphatic rings. The first-order valence-corrected chi connectivity index (χ1v) is 7.60. The van der Waals surface area contributed by atoms with Crippen LogP contribution in [0.25, 0.3) is 10.4 Å². The van der Waals surface area contributed by atoms with E-state index in [0.717, 1.165) is 20.8 Å². The van der Waals surface area contributed by atoms with Crippen molar-refractivity contribution in [2.45, 2.75) is 58.3 Å². The van der Waals surface area contributed by atoms with Gasteiger partial charge in [0.25, 0.3) is 0 Å². The van der Waals surface area contributed by atoms with Crippen molar-refractivity contribution in [3.8, 4) is 0 Å². The number of rotatable bonds is 6. The molecule has 1 fully saturated rings. The van der Waals surface area contributed by atoms with Crippen LogP contribution in [0.1, 0.15) is 27.7 Å². The Balaban J connectivity index is 3.28. The predicted molar refractivity (Wildman–Crippen MR) is 83.2 cm³/mol. The van der Waals surface area contributed by atoms with Gasteiger partial charge in [0.2, 0.25) is 5.91 Å². The minimum Gasteiger partial charge on any atom is -0.463 e. The first-order valence-electron chi connectivity index (χ1n) is 7.60. The Morgan fingerprint density at radius 2 is 1.62 bits per heavy atom. The standard InChI is InChI=1S/C14H20N4O8/c1-6(19)16-11-13(25-9(4)22)12(24-8(3)21)10(5-23-7(2)20)26-14(11)17-18-15/h10-14H,5H2,1-4H3,(H,16,19)/t10-,11-,12+,13-,14?/m1/s1. The first-order chi connectivity index (χ1) is 12.1. The molecule has 0 aromatic rings. The van der Waals surface area contributed by atoms with Crippen LogP contribution < -0.4 is 5.32 Å².